The molecule has 0 bridgehead atoms. The van der Waals surface area contributed by atoms with Crippen LogP contribution in [0.25, 0.3) is 0 Å². The van der Waals surface area contributed by atoms with Crippen molar-refractivity contribution in [3.05, 3.63) is 62.4 Å². The van der Waals surface area contributed by atoms with Gasteiger partial charge in [-0.1, -0.05) is 6.08 Å². The Morgan fingerprint density at radius 3 is 2.64 bits per heavy atom. The van der Waals surface area contributed by atoms with E-state index in [-0.39, 0.29) is 11.4 Å². The maximum absolute atomic E-state index is 10.9. The summed E-state index contributed by atoms with van der Waals surface area (Å²) >= 11 is 0. The first kappa shape index (κ1) is 17.0. The molecule has 0 aromatic heterocycles. The maximum Gasteiger partial charge on any atom is 0.301 e. The van der Waals surface area contributed by atoms with Crippen molar-refractivity contribution in [3.8, 4) is 0 Å². The molecule has 0 amide bonds. The monoisotopic (exact) mass is 306 g/mol. The molecule has 9 nitrogen and oxygen atoms in total. The molecule has 0 saturated carbocycles. The fourth-order valence-corrected chi connectivity index (χ4v) is 1.40. The summed E-state index contributed by atoms with van der Waals surface area (Å²) in [6.07, 6.45) is 6.25. The minimum Gasteiger partial charge on any atom is -0.280 e. The lowest BCUT2D eigenvalue weighted by molar-refractivity contribution is -0.393. The number of nitro groups is 2. The van der Waals surface area contributed by atoms with Gasteiger partial charge < -0.3 is 0 Å². The van der Waals surface area contributed by atoms with Crippen LogP contribution in [-0.2, 0) is 4.84 Å². The lowest BCUT2D eigenvalue weighted by Gasteiger charge is -1.97. The number of hydroxylamine groups is 1. The summed E-state index contributed by atoms with van der Waals surface area (Å²) < 4.78 is 0. The van der Waals surface area contributed by atoms with Crippen molar-refractivity contribution in [3.63, 3.8) is 0 Å². The van der Waals surface area contributed by atoms with Gasteiger partial charge in [0.25, 0.3) is 5.69 Å². The van der Waals surface area contributed by atoms with E-state index >= 15 is 0 Å². The number of nitro benzene ring substituents is 2. The van der Waals surface area contributed by atoms with Gasteiger partial charge >= 0.3 is 5.69 Å². The molecule has 0 aliphatic heterocycles. The van der Waals surface area contributed by atoms with Crippen molar-refractivity contribution in [2.45, 2.75) is 6.92 Å². The summed E-state index contributed by atoms with van der Waals surface area (Å²) in [4.78, 5) is 28.7. The molecule has 0 aliphatic carbocycles. The van der Waals surface area contributed by atoms with Crippen molar-refractivity contribution >= 4 is 23.3 Å². The lowest BCUT2D eigenvalue weighted by atomic mass is 10.2. The molecule has 22 heavy (non-hydrogen) atoms. The number of nitrogens with one attached hydrogen (secondary N) is 1. The highest BCUT2D eigenvalue weighted by molar-refractivity contribution is 5.77. The number of nitrogens with zero attached hydrogens (tertiary/aromatic N) is 3. The summed E-state index contributed by atoms with van der Waals surface area (Å²) in [5, 5.41) is 21.5. The molecule has 0 radical (unpaired) electrons. The number of hydrogen-bond donors (Lipinski definition) is 1. The number of allylic oxidation sites excluding steroid dienone is 3. The molecule has 1 aromatic rings. The number of hydrogen-bond acceptors (Lipinski definition) is 7. The van der Waals surface area contributed by atoms with Crippen molar-refractivity contribution in [1.82, 2.24) is 5.48 Å². The second-order valence-electron chi connectivity index (χ2n) is 4.03. The van der Waals surface area contributed by atoms with Gasteiger partial charge in [-0.2, -0.15) is 0 Å². The van der Waals surface area contributed by atoms with Crippen molar-refractivity contribution in [1.29, 1.82) is 0 Å². The van der Waals surface area contributed by atoms with Gasteiger partial charge in [0.15, 0.2) is 0 Å². The molecule has 0 fully saturated rings. The SMILES string of the molecule is CON/C=C(C)/C=C/C=Nc1ccc([N+](=O)[O-])cc1[N+](=O)[O-]. The van der Waals surface area contributed by atoms with Gasteiger partial charge in [0.05, 0.1) is 23.0 Å². The second-order valence-corrected chi connectivity index (χ2v) is 4.03. The van der Waals surface area contributed by atoms with E-state index in [9.17, 15) is 20.2 Å². The van der Waals surface area contributed by atoms with Gasteiger partial charge in [0.2, 0.25) is 0 Å². The maximum atomic E-state index is 10.9. The first-order valence-electron chi connectivity index (χ1n) is 6.04. The molecule has 0 spiro atoms. The normalized spacial score (nSPS) is 12.0. The van der Waals surface area contributed by atoms with Gasteiger partial charge in [-0.25, -0.2) is 4.99 Å². The Kier molecular flexibility index (Phi) is 6.38. The molecule has 0 saturated heterocycles. The zero-order valence-corrected chi connectivity index (χ0v) is 11.9. The van der Waals surface area contributed by atoms with Gasteiger partial charge in [0.1, 0.15) is 5.69 Å². The average molecular weight is 306 g/mol. The highest BCUT2D eigenvalue weighted by atomic mass is 16.6. The molecule has 1 N–H and O–H groups in total. The topological polar surface area (TPSA) is 120 Å². The fraction of sp³-hybridized carbons (Fsp3) is 0.154. The molecular weight excluding hydrogens is 292 g/mol. The zero-order chi connectivity index (χ0) is 16.5. The van der Waals surface area contributed by atoms with E-state index in [1.807, 2.05) is 6.92 Å². The molecule has 9 heteroatoms. The van der Waals surface area contributed by atoms with Crippen LogP contribution in [0.5, 0.6) is 0 Å². The Morgan fingerprint density at radius 1 is 1.32 bits per heavy atom. The molecule has 0 atom stereocenters. The van der Waals surface area contributed by atoms with Crippen LogP contribution in [0.3, 0.4) is 0 Å². The van der Waals surface area contributed by atoms with E-state index in [2.05, 4.69) is 15.3 Å². The Morgan fingerprint density at radius 2 is 2.05 bits per heavy atom. The summed E-state index contributed by atoms with van der Waals surface area (Å²) in [7, 11) is 1.47. The zero-order valence-electron chi connectivity index (χ0n) is 11.9. The third-order valence-electron chi connectivity index (χ3n) is 2.43. The smallest absolute Gasteiger partial charge is 0.280 e. The van der Waals surface area contributed by atoms with E-state index in [1.54, 1.807) is 18.4 Å². The van der Waals surface area contributed by atoms with Crippen LogP contribution >= 0.6 is 0 Å². The van der Waals surface area contributed by atoms with E-state index in [0.29, 0.717) is 0 Å². The summed E-state index contributed by atoms with van der Waals surface area (Å²) in [6, 6.07) is 3.27. The first-order chi connectivity index (χ1) is 10.5. The van der Waals surface area contributed by atoms with E-state index < -0.39 is 15.5 Å². The molecular formula is C13H14N4O5. The lowest BCUT2D eigenvalue weighted by Crippen LogP contribution is -2.01. The quantitative estimate of drug-likeness (QED) is 0.358. The highest BCUT2D eigenvalue weighted by Gasteiger charge is 2.18. The van der Waals surface area contributed by atoms with Gasteiger partial charge in [-0.15, -0.1) is 0 Å². The molecule has 0 aliphatic rings. The van der Waals surface area contributed by atoms with Crippen molar-refractivity contribution in [2.75, 3.05) is 7.11 Å². The van der Waals surface area contributed by atoms with Gasteiger partial charge in [-0.3, -0.25) is 30.5 Å². The van der Waals surface area contributed by atoms with E-state index in [4.69, 9.17) is 0 Å². The number of rotatable bonds is 7. The van der Waals surface area contributed by atoms with Gasteiger partial charge in [0, 0.05) is 18.5 Å². The predicted molar refractivity (Wildman–Crippen MR) is 80.9 cm³/mol. The van der Waals surface area contributed by atoms with Crippen LogP contribution < -0.4 is 5.48 Å². The number of non-ortho nitro benzene ring substituents is 1. The summed E-state index contributed by atoms with van der Waals surface area (Å²) in [6.45, 7) is 1.81. The standard InChI is InChI=1S/C13H14N4O5/c1-10(9-15-22-2)4-3-7-14-12-6-5-11(16(18)19)8-13(12)17(20)21/h3-9,15H,1-2H3/b4-3+,10-9+,14-7?. The number of benzene rings is 1. The summed E-state index contributed by atoms with van der Waals surface area (Å²) in [5.74, 6) is 0. The third-order valence-corrected chi connectivity index (χ3v) is 2.43. The molecule has 1 rings (SSSR count). The fourth-order valence-electron chi connectivity index (χ4n) is 1.40. The minimum absolute atomic E-state index is 0.0388. The summed E-state index contributed by atoms with van der Waals surface area (Å²) in [5.41, 5.74) is 2.63. The Balaban J connectivity index is 2.93. The molecule has 0 heterocycles. The minimum atomic E-state index is -0.711. The van der Waals surface area contributed by atoms with Crippen LogP contribution in [0.15, 0.2) is 47.1 Å². The first-order valence-corrected chi connectivity index (χ1v) is 6.04. The Labute approximate surface area is 125 Å². The second kappa shape index (κ2) is 8.27. The van der Waals surface area contributed by atoms with E-state index in [0.717, 1.165) is 17.7 Å². The molecule has 1 aromatic carbocycles. The van der Waals surface area contributed by atoms with Crippen LogP contribution in [0, 0.1) is 20.2 Å². The van der Waals surface area contributed by atoms with Crippen LogP contribution in [0.1, 0.15) is 6.92 Å². The molecule has 0 unspecified atom stereocenters. The third kappa shape index (κ3) is 5.13. The van der Waals surface area contributed by atoms with Crippen molar-refractivity contribution in [2.24, 2.45) is 4.99 Å². The average Bonchev–Trinajstić information content (AvgIpc) is 2.49. The largest absolute Gasteiger partial charge is 0.301 e. The predicted octanol–water partition coefficient (Wildman–Crippen LogP) is 2.82. The Bertz CT molecular complexity index is 652. The molecule has 116 valence electrons. The van der Waals surface area contributed by atoms with Gasteiger partial charge in [-0.05, 0) is 24.6 Å². The van der Waals surface area contributed by atoms with Crippen LogP contribution in [0.4, 0.5) is 17.1 Å². The van der Waals surface area contributed by atoms with Crippen LogP contribution in [0.2, 0.25) is 0 Å². The van der Waals surface area contributed by atoms with Crippen LogP contribution in [-0.4, -0.2) is 23.2 Å². The number of aliphatic imine (C=N–C) groups is 1. The highest BCUT2D eigenvalue weighted by Crippen LogP contribution is 2.30. The Hall–Kier alpha value is -3.07. The van der Waals surface area contributed by atoms with Crippen molar-refractivity contribution < 1.29 is 14.7 Å². The van der Waals surface area contributed by atoms with E-state index in [1.165, 1.54) is 19.4 Å².